The number of amides is 1. The van der Waals surface area contributed by atoms with Crippen LogP contribution in [-0.4, -0.2) is 40.4 Å². The van der Waals surface area contributed by atoms with Crippen LogP contribution in [0, 0.1) is 0 Å². The molecule has 0 aliphatic carbocycles. The van der Waals surface area contributed by atoms with Crippen molar-refractivity contribution in [3.05, 3.63) is 0 Å². The summed E-state index contributed by atoms with van der Waals surface area (Å²) in [4.78, 5) is 11.7. The smallest absolute Gasteiger partial charge is 0.250 e. The zero-order valence-corrected chi connectivity index (χ0v) is 9.29. The molecule has 1 unspecified atom stereocenters. The summed E-state index contributed by atoms with van der Waals surface area (Å²) in [5.41, 5.74) is 0. The van der Waals surface area contributed by atoms with E-state index in [1.54, 1.807) is 0 Å². The molecule has 0 saturated carbocycles. The van der Waals surface area contributed by atoms with Gasteiger partial charge in [-0.3, -0.25) is 9.80 Å². The van der Waals surface area contributed by atoms with Gasteiger partial charge in [-0.1, -0.05) is 22.4 Å². The Balaban J connectivity index is 1.96. The molecule has 1 atom stereocenters. The van der Waals surface area contributed by atoms with Crippen LogP contribution >= 0.6 is 15.9 Å². The number of nitrogens with zero attached hydrogens (tertiary/aromatic N) is 2. The van der Waals surface area contributed by atoms with Gasteiger partial charge >= 0.3 is 0 Å². The van der Waals surface area contributed by atoms with Crippen molar-refractivity contribution in [1.29, 1.82) is 0 Å². The number of hydrogen-bond donors (Lipinski definition) is 0. The fraction of sp³-hybridized carbons (Fsp3) is 0.889. The maximum absolute atomic E-state index is 11.6. The van der Waals surface area contributed by atoms with Crippen molar-refractivity contribution in [1.82, 2.24) is 10.0 Å². The number of hydrogen-bond acceptors (Lipinski definition) is 2. The number of halogens is 1. The summed E-state index contributed by atoms with van der Waals surface area (Å²) < 4.78 is 0. The van der Waals surface area contributed by atoms with E-state index in [-0.39, 0.29) is 10.7 Å². The predicted molar refractivity (Wildman–Crippen MR) is 54.5 cm³/mol. The molecule has 2 rings (SSSR count). The van der Waals surface area contributed by atoms with Crippen LogP contribution in [0.2, 0.25) is 0 Å². The highest BCUT2D eigenvalue weighted by Crippen LogP contribution is 2.22. The fourth-order valence-electron chi connectivity index (χ4n) is 2.03. The molecule has 2 saturated heterocycles. The van der Waals surface area contributed by atoms with Crippen LogP contribution in [0.5, 0.6) is 0 Å². The Labute approximate surface area is 87.2 Å². The minimum atomic E-state index is 0.0643. The molecule has 2 fully saturated rings. The van der Waals surface area contributed by atoms with Gasteiger partial charge in [0.2, 0.25) is 0 Å². The second-order valence-electron chi connectivity index (χ2n) is 3.73. The van der Waals surface area contributed by atoms with Crippen molar-refractivity contribution in [3.8, 4) is 0 Å². The summed E-state index contributed by atoms with van der Waals surface area (Å²) >= 11 is 3.39. The third-order valence-electron chi connectivity index (χ3n) is 2.79. The van der Waals surface area contributed by atoms with Crippen LogP contribution in [0.25, 0.3) is 0 Å². The lowest BCUT2D eigenvalue weighted by atomic mass is 10.2. The van der Waals surface area contributed by atoms with Crippen LogP contribution in [0.15, 0.2) is 0 Å². The Bertz CT molecular complexity index is 204. The molecule has 0 aromatic carbocycles. The van der Waals surface area contributed by atoms with Gasteiger partial charge in [-0.05, 0) is 19.3 Å². The molecule has 1 amide bonds. The Morgan fingerprint density at radius 3 is 2.38 bits per heavy atom. The van der Waals surface area contributed by atoms with Gasteiger partial charge < -0.3 is 0 Å². The maximum atomic E-state index is 11.6. The van der Waals surface area contributed by atoms with Gasteiger partial charge in [0.1, 0.15) is 0 Å². The first kappa shape index (κ1) is 9.46. The quantitative estimate of drug-likeness (QED) is 0.653. The van der Waals surface area contributed by atoms with Crippen molar-refractivity contribution < 1.29 is 4.79 Å². The molecule has 2 aliphatic rings. The van der Waals surface area contributed by atoms with E-state index in [1.165, 1.54) is 19.3 Å². The average Bonchev–Trinajstić information content (AvgIpc) is 2.49. The van der Waals surface area contributed by atoms with Gasteiger partial charge in [-0.15, -0.1) is 0 Å². The summed E-state index contributed by atoms with van der Waals surface area (Å²) in [6, 6.07) is 0. The Morgan fingerprint density at radius 1 is 1.15 bits per heavy atom. The van der Waals surface area contributed by atoms with Crippen molar-refractivity contribution in [2.45, 2.75) is 30.5 Å². The molecular weight excluding hydrogens is 232 g/mol. The molecule has 0 aromatic rings. The summed E-state index contributed by atoms with van der Waals surface area (Å²) in [5.74, 6) is 0.252. The lowest BCUT2D eigenvalue weighted by molar-refractivity contribution is -0.144. The van der Waals surface area contributed by atoms with Gasteiger partial charge in [0, 0.05) is 19.6 Å². The molecule has 4 heteroatoms. The molecule has 74 valence electrons. The van der Waals surface area contributed by atoms with E-state index in [0.717, 1.165) is 26.1 Å². The van der Waals surface area contributed by atoms with Gasteiger partial charge in [0.25, 0.3) is 5.91 Å². The predicted octanol–water partition coefficient (Wildman–Crippen LogP) is 1.38. The fourth-order valence-corrected chi connectivity index (χ4v) is 2.47. The monoisotopic (exact) mass is 246 g/mol. The Morgan fingerprint density at radius 2 is 1.85 bits per heavy atom. The summed E-state index contributed by atoms with van der Waals surface area (Å²) in [5, 5.41) is 4.14. The van der Waals surface area contributed by atoms with Crippen molar-refractivity contribution in [2.75, 3.05) is 19.6 Å². The lowest BCUT2D eigenvalue weighted by Crippen LogP contribution is -2.46. The maximum Gasteiger partial charge on any atom is 0.250 e. The molecule has 0 bridgehead atoms. The van der Waals surface area contributed by atoms with E-state index in [1.807, 2.05) is 5.01 Å². The third-order valence-corrected chi connectivity index (χ3v) is 3.64. The molecule has 2 aliphatic heterocycles. The number of piperidine rings is 1. The molecule has 13 heavy (non-hydrogen) atoms. The molecule has 2 heterocycles. The molecular formula is C9H15BrN2O. The van der Waals surface area contributed by atoms with Crippen LogP contribution in [0.4, 0.5) is 0 Å². The molecule has 0 aromatic heterocycles. The van der Waals surface area contributed by atoms with E-state index >= 15 is 0 Å². The minimum absolute atomic E-state index is 0.0643. The summed E-state index contributed by atoms with van der Waals surface area (Å²) in [6.07, 6.45) is 4.74. The number of alkyl halides is 1. The topological polar surface area (TPSA) is 23.6 Å². The lowest BCUT2D eigenvalue weighted by Gasteiger charge is -2.34. The first-order valence-corrected chi connectivity index (χ1v) is 5.91. The highest BCUT2D eigenvalue weighted by molar-refractivity contribution is 9.10. The van der Waals surface area contributed by atoms with Gasteiger partial charge in [0.05, 0.1) is 4.83 Å². The van der Waals surface area contributed by atoms with Crippen molar-refractivity contribution >= 4 is 21.8 Å². The summed E-state index contributed by atoms with van der Waals surface area (Å²) in [7, 11) is 0. The SMILES string of the molecule is O=C1C(Br)CCN1N1CCCCC1. The van der Waals surface area contributed by atoms with Crippen molar-refractivity contribution in [3.63, 3.8) is 0 Å². The number of carbonyl (C=O) groups excluding carboxylic acids is 1. The first-order chi connectivity index (χ1) is 6.29. The zero-order chi connectivity index (χ0) is 9.26. The van der Waals surface area contributed by atoms with Crippen LogP contribution in [0.3, 0.4) is 0 Å². The normalized spacial score (nSPS) is 31.3. The second-order valence-corrected chi connectivity index (χ2v) is 4.84. The van der Waals surface area contributed by atoms with E-state index in [9.17, 15) is 4.79 Å². The van der Waals surface area contributed by atoms with Crippen molar-refractivity contribution in [2.24, 2.45) is 0 Å². The zero-order valence-electron chi connectivity index (χ0n) is 7.71. The van der Waals surface area contributed by atoms with E-state index in [2.05, 4.69) is 20.9 Å². The highest BCUT2D eigenvalue weighted by atomic mass is 79.9. The first-order valence-electron chi connectivity index (χ1n) is 4.99. The van der Waals surface area contributed by atoms with Crippen LogP contribution in [0.1, 0.15) is 25.7 Å². The third kappa shape index (κ3) is 1.89. The Kier molecular flexibility index (Phi) is 2.89. The molecule has 0 spiro atoms. The minimum Gasteiger partial charge on any atom is -0.274 e. The van der Waals surface area contributed by atoms with E-state index < -0.39 is 0 Å². The van der Waals surface area contributed by atoms with Gasteiger partial charge in [-0.25, -0.2) is 5.01 Å². The average molecular weight is 247 g/mol. The largest absolute Gasteiger partial charge is 0.274 e. The number of carbonyl (C=O) groups is 1. The van der Waals surface area contributed by atoms with Crippen LogP contribution < -0.4 is 0 Å². The highest BCUT2D eigenvalue weighted by Gasteiger charge is 2.33. The van der Waals surface area contributed by atoms with Gasteiger partial charge in [-0.2, -0.15) is 0 Å². The Hall–Kier alpha value is -0.0900. The van der Waals surface area contributed by atoms with E-state index in [0.29, 0.717) is 0 Å². The standard InChI is InChI=1S/C9H15BrN2O/c10-8-4-7-12(9(8)13)11-5-2-1-3-6-11/h8H,1-7H2. The molecule has 3 nitrogen and oxygen atoms in total. The number of hydrazine groups is 1. The molecule has 0 N–H and O–H groups in total. The van der Waals surface area contributed by atoms with Gasteiger partial charge in [0.15, 0.2) is 0 Å². The second kappa shape index (κ2) is 3.96. The number of rotatable bonds is 1. The van der Waals surface area contributed by atoms with Crippen LogP contribution in [-0.2, 0) is 4.79 Å². The van der Waals surface area contributed by atoms with E-state index in [4.69, 9.17) is 0 Å². The molecule has 0 radical (unpaired) electrons. The summed E-state index contributed by atoms with van der Waals surface area (Å²) in [6.45, 7) is 3.02.